The Hall–Kier alpha value is -3.23. The summed E-state index contributed by atoms with van der Waals surface area (Å²) in [6, 6.07) is 16.2. The van der Waals surface area contributed by atoms with Crippen molar-refractivity contribution in [3.63, 3.8) is 0 Å². The first kappa shape index (κ1) is 19.1. The van der Waals surface area contributed by atoms with E-state index in [9.17, 15) is 14.9 Å². The molecule has 29 heavy (non-hydrogen) atoms. The van der Waals surface area contributed by atoms with Crippen molar-refractivity contribution in [2.75, 3.05) is 5.32 Å². The predicted octanol–water partition coefficient (Wildman–Crippen LogP) is 6.07. The average Bonchev–Trinajstić information content (AvgIpc) is 3.12. The van der Waals surface area contributed by atoms with Gasteiger partial charge >= 0.3 is 0 Å². The zero-order valence-electron chi connectivity index (χ0n) is 14.6. The third-order valence-electron chi connectivity index (χ3n) is 4.14. The molecule has 0 aliphatic heterocycles. The van der Waals surface area contributed by atoms with Gasteiger partial charge in [-0.2, -0.15) is 0 Å². The number of non-ortho nitro benzene ring substituents is 1. The van der Waals surface area contributed by atoms with Gasteiger partial charge in [-0.1, -0.05) is 27.5 Å². The van der Waals surface area contributed by atoms with Crippen LogP contribution in [0.1, 0.15) is 10.4 Å². The van der Waals surface area contributed by atoms with E-state index in [4.69, 9.17) is 16.0 Å². The molecule has 0 fully saturated rings. The number of halogens is 2. The summed E-state index contributed by atoms with van der Waals surface area (Å²) in [6.07, 6.45) is 0. The van der Waals surface area contributed by atoms with Crippen molar-refractivity contribution >= 4 is 55.9 Å². The smallest absolute Gasteiger partial charge is 0.270 e. The number of nitrogens with zero attached hydrogens (tertiary/aromatic N) is 2. The van der Waals surface area contributed by atoms with Gasteiger partial charge in [-0.05, 0) is 48.5 Å². The van der Waals surface area contributed by atoms with E-state index in [1.54, 1.807) is 18.2 Å². The number of rotatable bonds is 4. The molecule has 4 aromatic rings. The molecule has 1 N–H and O–H groups in total. The lowest BCUT2D eigenvalue weighted by molar-refractivity contribution is -0.384. The van der Waals surface area contributed by atoms with E-state index in [1.807, 2.05) is 24.3 Å². The second kappa shape index (κ2) is 7.65. The molecule has 0 saturated heterocycles. The first-order valence-corrected chi connectivity index (χ1v) is 9.49. The fourth-order valence-corrected chi connectivity index (χ4v) is 3.19. The van der Waals surface area contributed by atoms with Crippen LogP contribution in [0.15, 0.2) is 69.6 Å². The second-order valence-corrected chi connectivity index (χ2v) is 7.41. The maximum Gasteiger partial charge on any atom is 0.270 e. The molecule has 1 amide bonds. The van der Waals surface area contributed by atoms with Gasteiger partial charge in [0, 0.05) is 27.9 Å². The van der Waals surface area contributed by atoms with E-state index in [0.29, 0.717) is 22.7 Å². The Bertz CT molecular complexity index is 1250. The van der Waals surface area contributed by atoms with Crippen molar-refractivity contribution < 1.29 is 14.1 Å². The number of hydrogen-bond donors (Lipinski definition) is 1. The molecule has 0 aliphatic carbocycles. The summed E-state index contributed by atoms with van der Waals surface area (Å²) < 4.78 is 6.71. The minimum atomic E-state index is -0.585. The standard InChI is InChI=1S/C20H11BrClN3O4/c21-12-3-1-11(2-4-12)20-24-17-9-13(5-8-18(17)29-20)23-19(26)15-10-14(25(27)28)6-7-16(15)22/h1-10H,(H,23,26). The van der Waals surface area contributed by atoms with Gasteiger partial charge in [0.15, 0.2) is 5.58 Å². The molecule has 9 heteroatoms. The summed E-state index contributed by atoms with van der Waals surface area (Å²) in [5.41, 5.74) is 2.20. The van der Waals surface area contributed by atoms with E-state index >= 15 is 0 Å². The molecule has 3 aromatic carbocycles. The number of nitrogens with one attached hydrogen (secondary N) is 1. The van der Waals surface area contributed by atoms with Gasteiger partial charge in [0.1, 0.15) is 5.52 Å². The molecule has 1 heterocycles. The number of oxazole rings is 1. The van der Waals surface area contributed by atoms with Gasteiger partial charge in [-0.15, -0.1) is 0 Å². The Balaban J connectivity index is 1.62. The molecule has 4 rings (SSSR count). The quantitative estimate of drug-likeness (QED) is 0.287. The number of anilines is 1. The van der Waals surface area contributed by atoms with Crippen LogP contribution in [0.5, 0.6) is 0 Å². The number of benzene rings is 3. The predicted molar refractivity (Wildman–Crippen MR) is 113 cm³/mol. The van der Waals surface area contributed by atoms with Crippen LogP contribution >= 0.6 is 27.5 Å². The molecule has 0 aliphatic rings. The van der Waals surface area contributed by atoms with Gasteiger partial charge in [-0.3, -0.25) is 14.9 Å². The number of hydrogen-bond acceptors (Lipinski definition) is 5. The highest BCUT2D eigenvalue weighted by atomic mass is 79.9. The maximum atomic E-state index is 12.5. The Labute approximate surface area is 177 Å². The highest BCUT2D eigenvalue weighted by Gasteiger charge is 2.17. The minimum Gasteiger partial charge on any atom is -0.436 e. The van der Waals surface area contributed by atoms with Gasteiger partial charge in [0.2, 0.25) is 5.89 Å². The fourth-order valence-electron chi connectivity index (χ4n) is 2.72. The van der Waals surface area contributed by atoms with Gasteiger partial charge in [0.25, 0.3) is 11.6 Å². The molecular weight excluding hydrogens is 462 g/mol. The summed E-state index contributed by atoms with van der Waals surface area (Å²) in [4.78, 5) is 27.4. The van der Waals surface area contributed by atoms with Crippen LogP contribution in [0.4, 0.5) is 11.4 Å². The van der Waals surface area contributed by atoms with Crippen molar-refractivity contribution in [2.45, 2.75) is 0 Å². The van der Waals surface area contributed by atoms with Crippen LogP contribution in [-0.2, 0) is 0 Å². The highest BCUT2D eigenvalue weighted by molar-refractivity contribution is 9.10. The third-order valence-corrected chi connectivity index (χ3v) is 5.00. The van der Waals surface area contributed by atoms with Crippen molar-refractivity contribution in [3.8, 4) is 11.5 Å². The van der Waals surface area contributed by atoms with E-state index in [-0.39, 0.29) is 16.3 Å². The number of carbonyl (C=O) groups is 1. The number of nitro groups is 1. The zero-order chi connectivity index (χ0) is 20.5. The fraction of sp³-hybridized carbons (Fsp3) is 0. The Morgan fingerprint density at radius 2 is 1.86 bits per heavy atom. The molecule has 7 nitrogen and oxygen atoms in total. The van der Waals surface area contributed by atoms with Crippen LogP contribution in [0.3, 0.4) is 0 Å². The lowest BCUT2D eigenvalue weighted by Crippen LogP contribution is -2.12. The third kappa shape index (κ3) is 3.98. The van der Waals surface area contributed by atoms with Gasteiger partial charge in [0.05, 0.1) is 15.5 Å². The first-order valence-electron chi connectivity index (χ1n) is 8.32. The van der Waals surface area contributed by atoms with Crippen molar-refractivity contribution in [2.24, 2.45) is 0 Å². The largest absolute Gasteiger partial charge is 0.436 e. The molecule has 0 bridgehead atoms. The number of amides is 1. The maximum absolute atomic E-state index is 12.5. The summed E-state index contributed by atoms with van der Waals surface area (Å²) in [5.74, 6) is -0.104. The van der Waals surface area contributed by atoms with E-state index < -0.39 is 10.8 Å². The molecule has 0 unspecified atom stereocenters. The minimum absolute atomic E-state index is 0.0108. The van der Waals surface area contributed by atoms with Crippen LogP contribution in [0.2, 0.25) is 5.02 Å². The SMILES string of the molecule is O=C(Nc1ccc2oc(-c3ccc(Br)cc3)nc2c1)c1cc([N+](=O)[O-])ccc1Cl. The topological polar surface area (TPSA) is 98.3 Å². The lowest BCUT2D eigenvalue weighted by Gasteiger charge is -2.06. The normalized spacial score (nSPS) is 10.8. The molecule has 0 radical (unpaired) electrons. The number of fused-ring (bicyclic) bond motifs is 1. The number of nitro benzene ring substituents is 1. The van der Waals surface area contributed by atoms with E-state index in [0.717, 1.165) is 16.1 Å². The van der Waals surface area contributed by atoms with Gasteiger partial charge < -0.3 is 9.73 Å². The summed E-state index contributed by atoms with van der Waals surface area (Å²) in [6.45, 7) is 0. The van der Waals surface area contributed by atoms with Crippen molar-refractivity contribution in [1.29, 1.82) is 0 Å². The Morgan fingerprint density at radius 3 is 2.59 bits per heavy atom. The Kier molecular flexibility index (Phi) is 5.04. The molecular formula is C20H11BrClN3O4. The second-order valence-electron chi connectivity index (χ2n) is 6.08. The number of aromatic nitrogens is 1. The summed E-state index contributed by atoms with van der Waals surface area (Å²) >= 11 is 9.41. The van der Waals surface area contributed by atoms with E-state index in [2.05, 4.69) is 26.2 Å². The molecule has 0 atom stereocenters. The summed E-state index contributed by atoms with van der Waals surface area (Å²) in [5, 5.41) is 13.7. The molecule has 1 aromatic heterocycles. The average molecular weight is 473 g/mol. The zero-order valence-corrected chi connectivity index (χ0v) is 16.9. The van der Waals surface area contributed by atoms with Crippen LogP contribution in [0.25, 0.3) is 22.6 Å². The van der Waals surface area contributed by atoms with Crippen molar-refractivity contribution in [3.05, 3.63) is 85.8 Å². The van der Waals surface area contributed by atoms with Crippen molar-refractivity contribution in [1.82, 2.24) is 4.98 Å². The lowest BCUT2D eigenvalue weighted by atomic mass is 10.2. The monoisotopic (exact) mass is 471 g/mol. The highest BCUT2D eigenvalue weighted by Crippen LogP contribution is 2.28. The van der Waals surface area contributed by atoms with Gasteiger partial charge in [-0.25, -0.2) is 4.98 Å². The molecule has 0 saturated carbocycles. The molecule has 144 valence electrons. The summed E-state index contributed by atoms with van der Waals surface area (Å²) in [7, 11) is 0. The van der Waals surface area contributed by atoms with Crippen LogP contribution < -0.4 is 5.32 Å². The van der Waals surface area contributed by atoms with Crippen LogP contribution in [-0.4, -0.2) is 15.8 Å². The number of carbonyl (C=O) groups excluding carboxylic acids is 1. The van der Waals surface area contributed by atoms with E-state index in [1.165, 1.54) is 12.1 Å². The Morgan fingerprint density at radius 1 is 1.10 bits per heavy atom. The van der Waals surface area contributed by atoms with Crippen LogP contribution in [0, 0.1) is 10.1 Å². The first-order chi connectivity index (χ1) is 13.9. The molecule has 0 spiro atoms.